The van der Waals surface area contributed by atoms with Crippen LogP contribution >= 0.6 is 11.6 Å². The predicted octanol–water partition coefficient (Wildman–Crippen LogP) is -2.44. The van der Waals surface area contributed by atoms with Gasteiger partial charge in [-0.2, -0.15) is 0 Å². The number of nitrogens with zero attached hydrogens (tertiary/aromatic N) is 2. The fourth-order valence-corrected chi connectivity index (χ4v) is 2.71. The Labute approximate surface area is 125 Å². The normalized spacial score (nSPS) is 35.9. The number of anilines is 2. The first-order chi connectivity index (χ1) is 9.86. The smallest absolute Gasteiger partial charge is 0.157 e. The van der Waals surface area contributed by atoms with Gasteiger partial charge in [-0.05, 0) is 0 Å². The lowest BCUT2D eigenvalue weighted by molar-refractivity contribution is -0.134. The minimum atomic E-state index is -2.04. The lowest BCUT2D eigenvalue weighted by Gasteiger charge is -2.31. The predicted molar refractivity (Wildman–Crippen MR) is 73.5 cm³/mol. The van der Waals surface area contributed by atoms with Gasteiger partial charge in [0.1, 0.15) is 29.8 Å². The first kappa shape index (κ1) is 16.1. The highest BCUT2D eigenvalue weighted by Gasteiger charge is 2.59. The van der Waals surface area contributed by atoms with Gasteiger partial charge in [0.25, 0.3) is 0 Å². The molecule has 2 rings (SSSR count). The number of nitrogens with one attached hydrogen (secondary N) is 1. The molecule has 0 amide bonds. The van der Waals surface area contributed by atoms with Crippen molar-refractivity contribution >= 4 is 23.1 Å². The van der Waals surface area contributed by atoms with Crippen molar-refractivity contribution in [2.75, 3.05) is 24.3 Å². The van der Waals surface area contributed by atoms with Gasteiger partial charge in [0.05, 0.1) is 19.3 Å². The molecule has 0 bridgehead atoms. The topological polar surface area (TPSA) is 165 Å². The zero-order chi connectivity index (χ0) is 15.8. The van der Waals surface area contributed by atoms with Gasteiger partial charge in [-0.25, -0.2) is 9.97 Å². The summed E-state index contributed by atoms with van der Waals surface area (Å²) in [6.07, 6.45) is -1.95. The number of hydrogen-bond acceptors (Lipinski definition) is 9. The standard InChI is InChI=1S/C11H17ClN4O5/c12-9-5(13)10(15-3-14-9)16-6-4(1-17)11(21,2-18)8(20)7(6)19/h3-4,6-8,17-21H,1-2,13H2,(H,14,15,16)/t4-,6+,7+,8-,11-/m1/s1. The van der Waals surface area contributed by atoms with E-state index in [1.54, 1.807) is 0 Å². The first-order valence-corrected chi connectivity index (χ1v) is 6.57. The van der Waals surface area contributed by atoms with Crippen molar-refractivity contribution < 1.29 is 25.5 Å². The van der Waals surface area contributed by atoms with E-state index < -0.39 is 43.0 Å². The van der Waals surface area contributed by atoms with Gasteiger partial charge >= 0.3 is 0 Å². The Hall–Kier alpha value is -1.23. The van der Waals surface area contributed by atoms with E-state index in [4.69, 9.17) is 17.3 Å². The average Bonchev–Trinajstić information content (AvgIpc) is 2.65. The van der Waals surface area contributed by atoms with Crippen LogP contribution < -0.4 is 11.1 Å². The van der Waals surface area contributed by atoms with E-state index in [-0.39, 0.29) is 16.7 Å². The molecule has 0 aromatic carbocycles. The van der Waals surface area contributed by atoms with E-state index in [0.29, 0.717) is 0 Å². The molecule has 1 aliphatic rings. The molecule has 1 heterocycles. The number of hydrogen-bond donors (Lipinski definition) is 7. The Kier molecular flexibility index (Phi) is 4.51. The molecule has 1 aromatic rings. The molecule has 0 radical (unpaired) electrons. The SMILES string of the molecule is Nc1c(Cl)ncnc1N[C@@H]1[C@H](O)[C@@H](O)[C@@](O)(CO)[C@@H]1CO. The Bertz CT molecular complexity index is 521. The summed E-state index contributed by atoms with van der Waals surface area (Å²) >= 11 is 5.75. The molecule has 0 aliphatic heterocycles. The second kappa shape index (κ2) is 5.87. The minimum Gasteiger partial charge on any atom is -0.396 e. The molecule has 10 heteroatoms. The number of aliphatic hydroxyl groups is 5. The number of nitrogen functional groups attached to an aromatic ring is 1. The van der Waals surface area contributed by atoms with Gasteiger partial charge in [-0.1, -0.05) is 11.6 Å². The minimum absolute atomic E-state index is 0.00139. The molecule has 118 valence electrons. The highest BCUT2D eigenvalue weighted by Crippen LogP contribution is 2.38. The number of aromatic nitrogens is 2. The van der Waals surface area contributed by atoms with Crippen LogP contribution in [-0.2, 0) is 0 Å². The summed E-state index contributed by atoms with van der Waals surface area (Å²) < 4.78 is 0. The maximum absolute atomic E-state index is 10.2. The molecule has 1 fully saturated rings. The Morgan fingerprint density at radius 3 is 2.57 bits per heavy atom. The Morgan fingerprint density at radius 2 is 2.00 bits per heavy atom. The van der Waals surface area contributed by atoms with Crippen molar-refractivity contribution in [3.8, 4) is 0 Å². The summed E-state index contributed by atoms with van der Waals surface area (Å²) in [4.78, 5) is 7.52. The van der Waals surface area contributed by atoms with Crippen molar-refractivity contribution in [2.45, 2.75) is 23.9 Å². The molecule has 1 saturated carbocycles. The molecule has 0 unspecified atom stereocenters. The second-order valence-corrected chi connectivity index (χ2v) is 5.33. The van der Waals surface area contributed by atoms with Crippen LogP contribution in [0.1, 0.15) is 0 Å². The first-order valence-electron chi connectivity index (χ1n) is 6.19. The monoisotopic (exact) mass is 320 g/mol. The van der Waals surface area contributed by atoms with Crippen LogP contribution in [0.5, 0.6) is 0 Å². The summed E-state index contributed by atoms with van der Waals surface area (Å²) in [5, 5.41) is 51.5. The highest BCUT2D eigenvalue weighted by molar-refractivity contribution is 6.32. The molecule has 21 heavy (non-hydrogen) atoms. The number of rotatable bonds is 4. The number of nitrogens with two attached hydrogens (primary N) is 1. The van der Waals surface area contributed by atoms with Crippen molar-refractivity contribution in [1.29, 1.82) is 0 Å². The largest absolute Gasteiger partial charge is 0.396 e. The average molecular weight is 321 g/mol. The summed E-state index contributed by atoms with van der Waals surface area (Å²) in [6, 6.07) is -0.990. The fraction of sp³-hybridized carbons (Fsp3) is 0.636. The summed E-state index contributed by atoms with van der Waals surface area (Å²) in [5.74, 6) is -0.951. The fourth-order valence-electron chi connectivity index (χ4n) is 2.58. The van der Waals surface area contributed by atoms with Crippen LogP contribution in [0.4, 0.5) is 11.5 Å². The summed E-state index contributed by atoms with van der Waals surface area (Å²) in [6.45, 7) is -1.41. The molecular weight excluding hydrogens is 304 g/mol. The Morgan fingerprint density at radius 1 is 1.33 bits per heavy atom. The van der Waals surface area contributed by atoms with E-state index >= 15 is 0 Å². The number of aliphatic hydroxyl groups excluding tert-OH is 4. The van der Waals surface area contributed by atoms with Crippen LogP contribution in [0.25, 0.3) is 0 Å². The maximum atomic E-state index is 10.2. The van der Waals surface area contributed by atoms with Crippen molar-refractivity contribution in [2.24, 2.45) is 5.92 Å². The molecule has 8 N–H and O–H groups in total. The summed E-state index contributed by atoms with van der Waals surface area (Å²) in [5.41, 5.74) is 3.67. The quantitative estimate of drug-likeness (QED) is 0.298. The zero-order valence-corrected chi connectivity index (χ0v) is 11.6. The highest BCUT2D eigenvalue weighted by atomic mass is 35.5. The molecule has 9 nitrogen and oxygen atoms in total. The zero-order valence-electron chi connectivity index (χ0n) is 10.9. The third kappa shape index (κ3) is 2.52. The van der Waals surface area contributed by atoms with Crippen LogP contribution in [0.2, 0.25) is 5.15 Å². The lowest BCUT2D eigenvalue weighted by atomic mass is 9.89. The van der Waals surface area contributed by atoms with Gasteiger partial charge < -0.3 is 36.6 Å². The van der Waals surface area contributed by atoms with Crippen LogP contribution in [-0.4, -0.2) is 72.6 Å². The van der Waals surface area contributed by atoms with Gasteiger partial charge in [0, 0.05) is 5.92 Å². The van der Waals surface area contributed by atoms with E-state index in [0.717, 1.165) is 6.33 Å². The van der Waals surface area contributed by atoms with Crippen molar-refractivity contribution in [3.05, 3.63) is 11.5 Å². The molecule has 0 spiro atoms. The van der Waals surface area contributed by atoms with Gasteiger partial charge in [0.2, 0.25) is 0 Å². The van der Waals surface area contributed by atoms with Crippen molar-refractivity contribution in [1.82, 2.24) is 9.97 Å². The molecule has 5 atom stereocenters. The van der Waals surface area contributed by atoms with E-state index in [2.05, 4.69) is 15.3 Å². The van der Waals surface area contributed by atoms with Crippen LogP contribution in [0.15, 0.2) is 6.33 Å². The third-order valence-corrected chi connectivity index (χ3v) is 4.17. The Balaban J connectivity index is 2.32. The molecule has 0 saturated heterocycles. The maximum Gasteiger partial charge on any atom is 0.157 e. The van der Waals surface area contributed by atoms with Crippen LogP contribution in [0.3, 0.4) is 0 Å². The van der Waals surface area contributed by atoms with E-state index in [1.165, 1.54) is 0 Å². The van der Waals surface area contributed by atoms with Gasteiger partial charge in [0.15, 0.2) is 11.0 Å². The number of halogens is 1. The lowest BCUT2D eigenvalue weighted by Crippen LogP contribution is -2.50. The van der Waals surface area contributed by atoms with Crippen molar-refractivity contribution in [3.63, 3.8) is 0 Å². The second-order valence-electron chi connectivity index (χ2n) is 4.97. The van der Waals surface area contributed by atoms with Gasteiger partial charge in [-0.3, -0.25) is 0 Å². The third-order valence-electron chi connectivity index (χ3n) is 3.87. The van der Waals surface area contributed by atoms with Gasteiger partial charge in [-0.15, -0.1) is 0 Å². The van der Waals surface area contributed by atoms with E-state index in [1.807, 2.05) is 0 Å². The molecule has 1 aromatic heterocycles. The molecule has 1 aliphatic carbocycles. The summed E-state index contributed by atoms with van der Waals surface area (Å²) in [7, 11) is 0. The molecular formula is C11H17ClN4O5. The van der Waals surface area contributed by atoms with Crippen LogP contribution in [0, 0.1) is 5.92 Å². The van der Waals surface area contributed by atoms with E-state index in [9.17, 15) is 25.5 Å².